The molecule has 0 unspecified atom stereocenters. The van der Waals surface area contributed by atoms with Crippen molar-refractivity contribution < 1.29 is 9.15 Å². The first kappa shape index (κ1) is 14.9. The zero-order valence-corrected chi connectivity index (χ0v) is 14.1. The van der Waals surface area contributed by atoms with Gasteiger partial charge in [0.1, 0.15) is 23.2 Å². The summed E-state index contributed by atoms with van der Waals surface area (Å²) in [5.41, 5.74) is 1.07. The van der Waals surface area contributed by atoms with Crippen molar-refractivity contribution in [3.05, 3.63) is 46.6 Å². The van der Waals surface area contributed by atoms with E-state index < -0.39 is 0 Å². The van der Waals surface area contributed by atoms with Gasteiger partial charge in [0.05, 0.1) is 18.5 Å². The highest BCUT2D eigenvalue weighted by atomic mass is 32.2. The maximum absolute atomic E-state index is 5.68. The van der Waals surface area contributed by atoms with E-state index in [1.807, 2.05) is 16.7 Å². The molecule has 6 nitrogen and oxygen atoms in total. The van der Waals surface area contributed by atoms with E-state index in [1.165, 1.54) is 0 Å². The van der Waals surface area contributed by atoms with Crippen LogP contribution in [-0.4, -0.2) is 26.4 Å². The van der Waals surface area contributed by atoms with E-state index in [4.69, 9.17) is 14.1 Å². The fourth-order valence-corrected chi connectivity index (χ4v) is 4.30. The van der Waals surface area contributed by atoms with Crippen molar-refractivity contribution in [3.63, 3.8) is 0 Å². The molecule has 1 saturated heterocycles. The number of ether oxygens (including phenoxy) is 1. The lowest BCUT2D eigenvalue weighted by atomic mass is 10.2. The first-order chi connectivity index (χ1) is 11.4. The van der Waals surface area contributed by atoms with Crippen LogP contribution >= 0.6 is 23.1 Å². The monoisotopic (exact) mass is 348 g/mol. The van der Waals surface area contributed by atoms with E-state index >= 15 is 0 Å². The van der Waals surface area contributed by atoms with Crippen molar-refractivity contribution in [2.75, 3.05) is 6.61 Å². The number of hydrogen-bond acceptors (Lipinski definition) is 7. The van der Waals surface area contributed by atoms with Crippen LogP contribution in [0.25, 0.3) is 0 Å². The van der Waals surface area contributed by atoms with Gasteiger partial charge in [0, 0.05) is 17.7 Å². The van der Waals surface area contributed by atoms with Crippen molar-refractivity contribution in [2.45, 2.75) is 36.4 Å². The quantitative estimate of drug-likeness (QED) is 0.635. The van der Waals surface area contributed by atoms with Crippen molar-refractivity contribution >= 4 is 23.1 Å². The zero-order valence-electron chi connectivity index (χ0n) is 12.4. The van der Waals surface area contributed by atoms with Crippen LogP contribution in [0.15, 0.2) is 39.7 Å². The Balaban J connectivity index is 1.38. The summed E-state index contributed by atoms with van der Waals surface area (Å²) in [6.07, 6.45) is 5.81. The van der Waals surface area contributed by atoms with Crippen molar-refractivity contribution in [1.29, 1.82) is 0 Å². The van der Waals surface area contributed by atoms with Gasteiger partial charge in [-0.25, -0.2) is 4.98 Å². The van der Waals surface area contributed by atoms with E-state index in [1.54, 1.807) is 35.7 Å². The molecule has 0 amide bonds. The van der Waals surface area contributed by atoms with Crippen LogP contribution < -0.4 is 0 Å². The van der Waals surface area contributed by atoms with Gasteiger partial charge in [-0.3, -0.25) is 0 Å². The summed E-state index contributed by atoms with van der Waals surface area (Å²) in [7, 11) is 0. The number of aromatic nitrogens is 4. The van der Waals surface area contributed by atoms with E-state index in [0.29, 0.717) is 6.54 Å². The average molecular weight is 348 g/mol. The molecule has 4 heterocycles. The molecule has 1 aliphatic rings. The molecule has 0 aliphatic carbocycles. The van der Waals surface area contributed by atoms with Gasteiger partial charge in [0.25, 0.3) is 0 Å². The standard InChI is InChI=1S/C15H16N4O2S2/c1-3-12(20-5-1)7-19-10-16-18-15(19)23-9-11-8-22-14(17-11)13-4-2-6-21-13/h1,3,5,8,10,13H,2,4,6-7,9H2/t13-/m1/s1. The number of rotatable bonds is 6. The maximum atomic E-state index is 5.68. The second-order valence-electron chi connectivity index (χ2n) is 5.29. The number of furan rings is 1. The first-order valence-corrected chi connectivity index (χ1v) is 9.34. The normalized spacial score (nSPS) is 17.8. The smallest absolute Gasteiger partial charge is 0.191 e. The van der Waals surface area contributed by atoms with Gasteiger partial charge in [0.2, 0.25) is 0 Å². The number of nitrogens with zero attached hydrogens (tertiary/aromatic N) is 4. The summed E-state index contributed by atoms with van der Waals surface area (Å²) in [4.78, 5) is 4.69. The number of thioether (sulfide) groups is 1. The van der Waals surface area contributed by atoms with E-state index in [9.17, 15) is 0 Å². The Morgan fingerprint density at radius 2 is 2.43 bits per heavy atom. The third kappa shape index (κ3) is 3.49. The fourth-order valence-electron chi connectivity index (χ4n) is 2.48. The Morgan fingerprint density at radius 3 is 3.26 bits per heavy atom. The van der Waals surface area contributed by atoms with Gasteiger partial charge in [0.15, 0.2) is 5.16 Å². The fraction of sp³-hybridized carbons (Fsp3) is 0.400. The molecule has 4 rings (SSSR count). The van der Waals surface area contributed by atoms with Crippen LogP contribution in [0.1, 0.15) is 35.4 Å². The van der Waals surface area contributed by atoms with Gasteiger partial charge in [-0.2, -0.15) is 0 Å². The Hall–Kier alpha value is -1.64. The minimum absolute atomic E-state index is 0.196. The maximum Gasteiger partial charge on any atom is 0.191 e. The largest absolute Gasteiger partial charge is 0.467 e. The highest BCUT2D eigenvalue weighted by Gasteiger charge is 2.21. The third-order valence-corrected chi connectivity index (χ3v) is 5.61. The SMILES string of the molecule is c1coc(Cn2cnnc2SCc2csc([C@H]3CCCO3)n2)c1. The van der Waals surface area contributed by atoms with Crippen molar-refractivity contribution in [2.24, 2.45) is 0 Å². The van der Waals surface area contributed by atoms with E-state index in [2.05, 4.69) is 15.6 Å². The van der Waals surface area contributed by atoms with Crippen LogP contribution in [0, 0.1) is 0 Å². The summed E-state index contributed by atoms with van der Waals surface area (Å²) < 4.78 is 13.0. The summed E-state index contributed by atoms with van der Waals surface area (Å²) in [5, 5.41) is 12.2. The molecule has 0 radical (unpaired) electrons. The molecule has 1 atom stereocenters. The number of hydrogen-bond donors (Lipinski definition) is 0. The van der Waals surface area contributed by atoms with Gasteiger partial charge in [-0.1, -0.05) is 11.8 Å². The molecule has 3 aromatic heterocycles. The Labute approximate surface area is 141 Å². The Morgan fingerprint density at radius 1 is 1.43 bits per heavy atom. The molecule has 1 fully saturated rings. The van der Waals surface area contributed by atoms with Crippen molar-refractivity contribution in [1.82, 2.24) is 19.7 Å². The average Bonchev–Trinajstić information content (AvgIpc) is 3.34. The minimum Gasteiger partial charge on any atom is -0.467 e. The summed E-state index contributed by atoms with van der Waals surface area (Å²) in [6, 6.07) is 3.83. The molecule has 0 aromatic carbocycles. The second kappa shape index (κ2) is 6.86. The molecule has 8 heteroatoms. The molecule has 0 saturated carbocycles. The van der Waals surface area contributed by atoms with Crippen LogP contribution in [0.4, 0.5) is 0 Å². The second-order valence-corrected chi connectivity index (χ2v) is 7.12. The third-order valence-electron chi connectivity index (χ3n) is 3.61. The minimum atomic E-state index is 0.196. The Bertz CT molecular complexity index is 747. The molecule has 0 spiro atoms. The molecule has 1 aliphatic heterocycles. The topological polar surface area (TPSA) is 66.0 Å². The lowest BCUT2D eigenvalue weighted by Crippen LogP contribution is -1.99. The van der Waals surface area contributed by atoms with Gasteiger partial charge in [-0.05, 0) is 25.0 Å². The van der Waals surface area contributed by atoms with Gasteiger partial charge >= 0.3 is 0 Å². The molecule has 0 N–H and O–H groups in total. The number of thiazole rings is 1. The lowest BCUT2D eigenvalue weighted by molar-refractivity contribution is 0.111. The predicted octanol–water partition coefficient (Wildman–Crippen LogP) is 3.52. The van der Waals surface area contributed by atoms with E-state index in [-0.39, 0.29) is 6.10 Å². The molecular formula is C15H16N4O2S2. The van der Waals surface area contributed by atoms with Crippen LogP contribution in [-0.2, 0) is 17.0 Å². The van der Waals surface area contributed by atoms with E-state index in [0.717, 1.165) is 46.8 Å². The first-order valence-electron chi connectivity index (χ1n) is 7.47. The molecular weight excluding hydrogens is 332 g/mol. The Kier molecular flexibility index (Phi) is 4.45. The van der Waals surface area contributed by atoms with Gasteiger partial charge in [-0.15, -0.1) is 21.5 Å². The summed E-state index contributed by atoms with van der Waals surface area (Å²) in [5.74, 6) is 1.67. The highest BCUT2D eigenvalue weighted by Crippen LogP contribution is 2.32. The van der Waals surface area contributed by atoms with Crippen LogP contribution in [0.3, 0.4) is 0 Å². The molecule has 0 bridgehead atoms. The lowest BCUT2D eigenvalue weighted by Gasteiger charge is -2.04. The van der Waals surface area contributed by atoms with Crippen LogP contribution in [0.2, 0.25) is 0 Å². The van der Waals surface area contributed by atoms with Crippen molar-refractivity contribution in [3.8, 4) is 0 Å². The predicted molar refractivity (Wildman–Crippen MR) is 87.4 cm³/mol. The summed E-state index contributed by atoms with van der Waals surface area (Å²) >= 11 is 3.32. The molecule has 3 aromatic rings. The molecule has 120 valence electrons. The van der Waals surface area contributed by atoms with Crippen LogP contribution in [0.5, 0.6) is 0 Å². The zero-order chi connectivity index (χ0) is 15.5. The highest BCUT2D eigenvalue weighted by molar-refractivity contribution is 7.98. The molecule has 23 heavy (non-hydrogen) atoms. The summed E-state index contributed by atoms with van der Waals surface area (Å²) in [6.45, 7) is 1.49. The van der Waals surface area contributed by atoms with Gasteiger partial charge < -0.3 is 13.7 Å².